The zero-order chi connectivity index (χ0) is 12.7. The fourth-order valence-corrected chi connectivity index (χ4v) is 2.11. The second kappa shape index (κ2) is 7.67. The Bertz CT molecular complexity index is 223. The molecule has 0 radical (unpaired) electrons. The molecule has 100 valence electrons. The average Bonchev–Trinajstić information content (AvgIpc) is 2.27. The third-order valence-corrected chi connectivity index (χ3v) is 3.28. The Balaban J connectivity index is 2.04. The fraction of sp³-hybridized carbons (Fsp3) is 0.923. The molecule has 0 aromatic carbocycles. The Hall–Kier alpha value is -0.610. The van der Waals surface area contributed by atoms with Crippen molar-refractivity contribution in [3.8, 4) is 0 Å². The highest BCUT2D eigenvalue weighted by molar-refractivity contribution is 5.77. The Kier molecular flexibility index (Phi) is 6.52. The van der Waals surface area contributed by atoms with Gasteiger partial charge in [-0.3, -0.25) is 9.69 Å². The van der Waals surface area contributed by atoms with Gasteiger partial charge in [-0.05, 0) is 31.6 Å². The van der Waals surface area contributed by atoms with Crippen LogP contribution in [0.15, 0.2) is 0 Å². The number of hydrogen-bond acceptors (Lipinski definition) is 3. The number of nitrogens with one attached hydrogen (secondary N) is 1. The van der Waals surface area contributed by atoms with Gasteiger partial charge < -0.3 is 11.1 Å². The van der Waals surface area contributed by atoms with Crippen molar-refractivity contribution in [3.63, 3.8) is 0 Å². The maximum Gasteiger partial charge on any atom is 0.234 e. The molecule has 0 atom stereocenters. The van der Waals surface area contributed by atoms with Crippen LogP contribution in [-0.4, -0.2) is 43.0 Å². The smallest absolute Gasteiger partial charge is 0.234 e. The summed E-state index contributed by atoms with van der Waals surface area (Å²) in [4.78, 5) is 13.8. The van der Waals surface area contributed by atoms with Crippen molar-refractivity contribution in [2.75, 3.05) is 26.2 Å². The molecule has 0 bridgehead atoms. The van der Waals surface area contributed by atoms with Gasteiger partial charge in [-0.15, -0.1) is 0 Å². The lowest BCUT2D eigenvalue weighted by molar-refractivity contribution is -0.122. The summed E-state index contributed by atoms with van der Waals surface area (Å²) in [6.45, 7) is 7.68. The first-order valence-corrected chi connectivity index (χ1v) is 6.82. The van der Waals surface area contributed by atoms with Gasteiger partial charge in [-0.25, -0.2) is 0 Å². The number of hydrogen-bond donors (Lipinski definition) is 2. The zero-order valence-electron chi connectivity index (χ0n) is 11.2. The van der Waals surface area contributed by atoms with Crippen molar-refractivity contribution in [2.24, 2.45) is 11.7 Å². The fourth-order valence-electron chi connectivity index (χ4n) is 2.11. The molecule has 17 heavy (non-hydrogen) atoms. The molecule has 0 aromatic heterocycles. The number of nitrogens with zero attached hydrogens (tertiary/aromatic N) is 1. The number of likely N-dealkylation sites (tertiary alicyclic amines) is 1. The topological polar surface area (TPSA) is 58.4 Å². The molecule has 1 heterocycles. The van der Waals surface area contributed by atoms with Gasteiger partial charge in [-0.1, -0.05) is 13.8 Å². The first kappa shape index (κ1) is 14.5. The number of rotatable bonds is 6. The minimum Gasteiger partial charge on any atom is -0.355 e. The lowest BCUT2D eigenvalue weighted by Gasteiger charge is -2.29. The van der Waals surface area contributed by atoms with E-state index < -0.39 is 0 Å². The van der Waals surface area contributed by atoms with Gasteiger partial charge in [0.15, 0.2) is 0 Å². The molecule has 1 rings (SSSR count). The Morgan fingerprint density at radius 1 is 1.41 bits per heavy atom. The van der Waals surface area contributed by atoms with Crippen molar-refractivity contribution >= 4 is 5.91 Å². The molecule has 0 aromatic rings. The Labute approximate surface area is 105 Å². The van der Waals surface area contributed by atoms with E-state index in [2.05, 4.69) is 24.1 Å². The summed E-state index contributed by atoms with van der Waals surface area (Å²) in [7, 11) is 0. The molecule has 0 saturated carbocycles. The summed E-state index contributed by atoms with van der Waals surface area (Å²) in [5, 5.41) is 2.98. The Morgan fingerprint density at radius 2 is 2.06 bits per heavy atom. The summed E-state index contributed by atoms with van der Waals surface area (Å²) in [5.74, 6) is 0.875. The van der Waals surface area contributed by atoms with Crippen LogP contribution in [0.3, 0.4) is 0 Å². The molecule has 4 nitrogen and oxygen atoms in total. The molecule has 1 aliphatic rings. The lowest BCUT2D eigenvalue weighted by Crippen LogP contribution is -2.44. The van der Waals surface area contributed by atoms with Crippen LogP contribution in [0, 0.1) is 5.92 Å². The van der Waals surface area contributed by atoms with E-state index in [0.29, 0.717) is 12.6 Å². The van der Waals surface area contributed by atoms with Crippen LogP contribution in [-0.2, 0) is 4.79 Å². The van der Waals surface area contributed by atoms with E-state index in [1.54, 1.807) is 0 Å². The normalized spacial score (nSPS) is 18.6. The molecule has 0 unspecified atom stereocenters. The summed E-state index contributed by atoms with van der Waals surface area (Å²) in [6.07, 6.45) is 4.29. The molecule has 1 aliphatic heterocycles. The van der Waals surface area contributed by atoms with E-state index in [-0.39, 0.29) is 5.91 Å². The van der Waals surface area contributed by atoms with Crippen LogP contribution in [0.2, 0.25) is 0 Å². The number of nitrogens with two attached hydrogens (primary N) is 1. The molecule has 3 N–H and O–H groups in total. The van der Waals surface area contributed by atoms with E-state index in [4.69, 9.17) is 5.73 Å². The van der Waals surface area contributed by atoms with Gasteiger partial charge in [0.2, 0.25) is 5.91 Å². The highest BCUT2D eigenvalue weighted by Crippen LogP contribution is 2.07. The highest BCUT2D eigenvalue weighted by Gasteiger charge is 2.17. The summed E-state index contributed by atoms with van der Waals surface area (Å²) < 4.78 is 0. The first-order chi connectivity index (χ1) is 8.08. The van der Waals surface area contributed by atoms with Crippen molar-refractivity contribution < 1.29 is 4.79 Å². The number of carbonyl (C=O) groups excluding carboxylic acids is 1. The molecular formula is C13H27N3O. The van der Waals surface area contributed by atoms with Gasteiger partial charge in [0.05, 0.1) is 6.54 Å². The number of amides is 1. The predicted molar refractivity (Wildman–Crippen MR) is 70.7 cm³/mol. The average molecular weight is 241 g/mol. The van der Waals surface area contributed by atoms with Gasteiger partial charge >= 0.3 is 0 Å². The van der Waals surface area contributed by atoms with Gasteiger partial charge in [0.1, 0.15) is 0 Å². The lowest BCUT2D eigenvalue weighted by atomic mass is 10.1. The third kappa shape index (κ3) is 6.64. The molecule has 1 amide bonds. The van der Waals surface area contributed by atoms with Crippen molar-refractivity contribution in [1.82, 2.24) is 10.2 Å². The van der Waals surface area contributed by atoms with Crippen molar-refractivity contribution in [1.29, 1.82) is 0 Å². The quantitative estimate of drug-likeness (QED) is 0.681. The minimum absolute atomic E-state index is 0.157. The van der Waals surface area contributed by atoms with Crippen molar-refractivity contribution in [2.45, 2.75) is 45.6 Å². The Morgan fingerprint density at radius 3 is 2.65 bits per heavy atom. The molecule has 1 fully saturated rings. The van der Waals surface area contributed by atoms with Crippen LogP contribution < -0.4 is 11.1 Å². The van der Waals surface area contributed by atoms with Gasteiger partial charge in [-0.2, -0.15) is 0 Å². The van der Waals surface area contributed by atoms with Gasteiger partial charge in [0, 0.05) is 25.7 Å². The SMILES string of the molecule is CC(C)CCCNC(=O)CN1CCC(N)CC1. The molecule has 0 aliphatic carbocycles. The summed E-state index contributed by atoms with van der Waals surface area (Å²) in [6, 6.07) is 0.334. The number of carbonyl (C=O) groups is 1. The van der Waals surface area contributed by atoms with E-state index in [1.807, 2.05) is 0 Å². The monoisotopic (exact) mass is 241 g/mol. The molecular weight excluding hydrogens is 214 g/mol. The standard InChI is InChI=1S/C13H27N3O/c1-11(2)4-3-7-15-13(17)10-16-8-5-12(14)6-9-16/h11-12H,3-10,14H2,1-2H3,(H,15,17). The van der Waals surface area contributed by atoms with Crippen LogP contribution in [0.25, 0.3) is 0 Å². The maximum absolute atomic E-state index is 11.7. The summed E-state index contributed by atoms with van der Waals surface area (Å²) >= 11 is 0. The maximum atomic E-state index is 11.7. The van der Waals surface area contributed by atoms with Crippen LogP contribution in [0.4, 0.5) is 0 Å². The predicted octanol–water partition coefficient (Wildman–Crippen LogP) is 0.962. The van der Waals surface area contributed by atoms with Crippen LogP contribution >= 0.6 is 0 Å². The first-order valence-electron chi connectivity index (χ1n) is 6.82. The number of piperidine rings is 1. The van der Waals surface area contributed by atoms with Crippen LogP contribution in [0.1, 0.15) is 39.5 Å². The molecule has 1 saturated heterocycles. The van der Waals surface area contributed by atoms with Gasteiger partial charge in [0.25, 0.3) is 0 Å². The van der Waals surface area contributed by atoms with Crippen LogP contribution in [0.5, 0.6) is 0 Å². The third-order valence-electron chi connectivity index (χ3n) is 3.28. The van der Waals surface area contributed by atoms with Crippen molar-refractivity contribution in [3.05, 3.63) is 0 Å². The minimum atomic E-state index is 0.157. The second-order valence-electron chi connectivity index (χ2n) is 5.50. The largest absolute Gasteiger partial charge is 0.355 e. The highest BCUT2D eigenvalue weighted by atomic mass is 16.2. The van der Waals surface area contributed by atoms with E-state index >= 15 is 0 Å². The molecule has 0 spiro atoms. The molecule has 4 heteroatoms. The summed E-state index contributed by atoms with van der Waals surface area (Å²) in [5.41, 5.74) is 5.83. The zero-order valence-corrected chi connectivity index (χ0v) is 11.2. The van der Waals surface area contributed by atoms with E-state index in [1.165, 1.54) is 6.42 Å². The second-order valence-corrected chi connectivity index (χ2v) is 5.50. The van der Waals surface area contributed by atoms with E-state index in [9.17, 15) is 4.79 Å². The van der Waals surface area contributed by atoms with E-state index in [0.717, 1.165) is 44.8 Å².